The predicted molar refractivity (Wildman–Crippen MR) is 63.5 cm³/mol. The van der Waals surface area contributed by atoms with Gasteiger partial charge in [-0.3, -0.25) is 4.79 Å². The summed E-state index contributed by atoms with van der Waals surface area (Å²) in [5.41, 5.74) is -0.107. The van der Waals surface area contributed by atoms with Crippen LogP contribution in [0, 0.1) is 5.92 Å². The van der Waals surface area contributed by atoms with Crippen LogP contribution in [0.15, 0.2) is 6.20 Å². The topological polar surface area (TPSA) is 106 Å². The zero-order valence-corrected chi connectivity index (χ0v) is 10.6. The Morgan fingerprint density at radius 3 is 3.00 bits per heavy atom. The third kappa shape index (κ3) is 3.50. The first-order chi connectivity index (χ1) is 9.06. The van der Waals surface area contributed by atoms with E-state index >= 15 is 0 Å². The lowest BCUT2D eigenvalue weighted by Gasteiger charge is -2.08. The Morgan fingerprint density at radius 1 is 1.63 bits per heavy atom. The first kappa shape index (κ1) is 13.5. The minimum absolute atomic E-state index is 0.0390. The largest absolute Gasteiger partial charge is 0.476 e. The monoisotopic (exact) mass is 268 g/mol. The van der Waals surface area contributed by atoms with Gasteiger partial charge in [0.25, 0.3) is 0 Å². The molecule has 2 rings (SSSR count). The number of carbonyl (C=O) groups excluding carboxylic acids is 1. The minimum atomic E-state index is -1.12. The van der Waals surface area contributed by atoms with Gasteiger partial charge in [0.1, 0.15) is 0 Å². The molecule has 104 valence electrons. The van der Waals surface area contributed by atoms with Crippen LogP contribution in [0.3, 0.4) is 0 Å². The number of hydrogen-bond acceptors (Lipinski definition) is 5. The summed E-state index contributed by atoms with van der Waals surface area (Å²) in [5, 5.41) is 18.6. The maximum Gasteiger partial charge on any atom is 0.358 e. The second-order valence-electron chi connectivity index (χ2n) is 4.54. The average Bonchev–Trinajstić information content (AvgIpc) is 2.98. The molecule has 19 heavy (non-hydrogen) atoms. The van der Waals surface area contributed by atoms with Gasteiger partial charge >= 0.3 is 5.97 Å². The van der Waals surface area contributed by atoms with E-state index in [1.807, 2.05) is 6.92 Å². The van der Waals surface area contributed by atoms with E-state index in [1.54, 1.807) is 0 Å². The van der Waals surface area contributed by atoms with E-state index in [-0.39, 0.29) is 23.6 Å². The van der Waals surface area contributed by atoms with Crippen LogP contribution in [0.1, 0.15) is 23.8 Å². The fraction of sp³-hybridized carbons (Fsp3) is 0.636. The number of nitrogens with zero attached hydrogens (tertiary/aromatic N) is 3. The summed E-state index contributed by atoms with van der Waals surface area (Å²) in [7, 11) is 0. The molecule has 0 aromatic carbocycles. The van der Waals surface area contributed by atoms with Gasteiger partial charge in [0, 0.05) is 6.54 Å². The van der Waals surface area contributed by atoms with Crippen LogP contribution in [0.2, 0.25) is 0 Å². The van der Waals surface area contributed by atoms with Gasteiger partial charge in [0.05, 0.1) is 31.4 Å². The molecular weight excluding hydrogens is 252 g/mol. The fourth-order valence-corrected chi connectivity index (χ4v) is 1.94. The van der Waals surface area contributed by atoms with Gasteiger partial charge in [0.2, 0.25) is 5.91 Å². The molecule has 0 radical (unpaired) electrons. The summed E-state index contributed by atoms with van der Waals surface area (Å²) in [4.78, 5) is 22.4. The summed E-state index contributed by atoms with van der Waals surface area (Å²) >= 11 is 0. The van der Waals surface area contributed by atoms with Gasteiger partial charge < -0.3 is 15.2 Å². The highest BCUT2D eigenvalue weighted by Crippen LogP contribution is 2.18. The summed E-state index contributed by atoms with van der Waals surface area (Å²) in [6.45, 7) is 3.16. The number of nitrogens with one attached hydrogen (secondary N) is 1. The molecule has 8 heteroatoms. The molecule has 1 aromatic heterocycles. The molecule has 0 saturated carbocycles. The van der Waals surface area contributed by atoms with Crippen LogP contribution >= 0.6 is 0 Å². The minimum Gasteiger partial charge on any atom is -0.476 e. The molecule has 1 aromatic rings. The summed E-state index contributed by atoms with van der Waals surface area (Å²) in [6.07, 6.45) is 2.19. The van der Waals surface area contributed by atoms with Crippen LogP contribution in [-0.4, -0.2) is 51.2 Å². The highest BCUT2D eigenvalue weighted by molar-refractivity contribution is 5.84. The number of carbonyl (C=O) groups is 2. The second-order valence-corrected chi connectivity index (χ2v) is 4.54. The van der Waals surface area contributed by atoms with E-state index < -0.39 is 5.97 Å². The third-order valence-corrected chi connectivity index (χ3v) is 2.97. The fourth-order valence-electron chi connectivity index (χ4n) is 1.94. The Kier molecular flexibility index (Phi) is 4.10. The zero-order chi connectivity index (χ0) is 13.8. The van der Waals surface area contributed by atoms with E-state index in [9.17, 15) is 9.59 Å². The van der Waals surface area contributed by atoms with Crippen molar-refractivity contribution in [2.75, 3.05) is 13.2 Å². The molecule has 1 aliphatic rings. The number of carboxylic acid groups (broad SMARTS) is 1. The number of carboxylic acids is 1. The molecule has 1 amide bonds. The number of hydrogen-bond donors (Lipinski definition) is 2. The van der Waals surface area contributed by atoms with Crippen molar-refractivity contribution in [3.63, 3.8) is 0 Å². The Bertz CT molecular complexity index is 473. The standard InChI is InChI=1S/C11H16N4O4/c1-7-4-8(6-19-7)10(16)12-2-3-15-5-9(11(17)18)13-14-15/h5,7-8H,2-4,6H2,1H3,(H,12,16)(H,17,18). The van der Waals surface area contributed by atoms with Crippen LogP contribution in [-0.2, 0) is 16.1 Å². The first-order valence-corrected chi connectivity index (χ1v) is 6.09. The molecule has 0 bridgehead atoms. The molecule has 1 aliphatic heterocycles. The summed E-state index contributed by atoms with van der Waals surface area (Å²) < 4.78 is 6.71. The predicted octanol–water partition coefficient (Wildman–Crippen LogP) is -0.482. The van der Waals surface area contributed by atoms with Crippen molar-refractivity contribution in [2.45, 2.75) is 26.0 Å². The van der Waals surface area contributed by atoms with Crippen molar-refractivity contribution in [1.82, 2.24) is 20.3 Å². The SMILES string of the molecule is CC1CC(C(=O)NCCn2cc(C(=O)O)nn2)CO1. The Morgan fingerprint density at radius 2 is 2.42 bits per heavy atom. The van der Waals surface area contributed by atoms with E-state index in [2.05, 4.69) is 15.6 Å². The Balaban J connectivity index is 1.73. The van der Waals surface area contributed by atoms with Crippen LogP contribution < -0.4 is 5.32 Å². The van der Waals surface area contributed by atoms with Gasteiger partial charge in [0.15, 0.2) is 5.69 Å². The smallest absolute Gasteiger partial charge is 0.358 e. The quantitative estimate of drug-likeness (QED) is 0.747. The lowest BCUT2D eigenvalue weighted by atomic mass is 10.1. The van der Waals surface area contributed by atoms with Gasteiger partial charge in [-0.1, -0.05) is 5.21 Å². The molecule has 0 spiro atoms. The zero-order valence-electron chi connectivity index (χ0n) is 10.6. The van der Waals surface area contributed by atoms with Gasteiger partial charge in [-0.2, -0.15) is 0 Å². The molecule has 1 saturated heterocycles. The molecule has 2 unspecified atom stereocenters. The average molecular weight is 268 g/mol. The Labute approximate surface area is 109 Å². The van der Waals surface area contributed by atoms with Crippen molar-refractivity contribution in [3.05, 3.63) is 11.9 Å². The van der Waals surface area contributed by atoms with Crippen molar-refractivity contribution >= 4 is 11.9 Å². The number of aromatic nitrogens is 3. The van der Waals surface area contributed by atoms with E-state index in [0.717, 1.165) is 6.42 Å². The number of ether oxygens (including phenoxy) is 1. The molecule has 2 atom stereocenters. The van der Waals surface area contributed by atoms with Crippen LogP contribution in [0.25, 0.3) is 0 Å². The molecule has 2 heterocycles. The van der Waals surface area contributed by atoms with E-state index in [4.69, 9.17) is 9.84 Å². The van der Waals surface area contributed by atoms with Crippen molar-refractivity contribution in [2.24, 2.45) is 5.92 Å². The van der Waals surface area contributed by atoms with E-state index in [1.165, 1.54) is 10.9 Å². The van der Waals surface area contributed by atoms with Crippen molar-refractivity contribution in [1.29, 1.82) is 0 Å². The number of amides is 1. The van der Waals surface area contributed by atoms with Crippen LogP contribution in [0.5, 0.6) is 0 Å². The maximum absolute atomic E-state index is 11.8. The molecule has 8 nitrogen and oxygen atoms in total. The number of aromatic carboxylic acids is 1. The Hall–Kier alpha value is -1.96. The summed E-state index contributed by atoms with van der Waals surface area (Å²) in [5.74, 6) is -1.25. The maximum atomic E-state index is 11.8. The lowest BCUT2D eigenvalue weighted by Crippen LogP contribution is -2.33. The highest BCUT2D eigenvalue weighted by atomic mass is 16.5. The normalized spacial score (nSPS) is 22.4. The van der Waals surface area contributed by atoms with E-state index in [0.29, 0.717) is 19.7 Å². The second kappa shape index (κ2) is 5.79. The van der Waals surface area contributed by atoms with Crippen molar-refractivity contribution < 1.29 is 19.4 Å². The molecule has 1 fully saturated rings. The molecule has 2 N–H and O–H groups in total. The van der Waals surface area contributed by atoms with Gasteiger partial charge in [-0.25, -0.2) is 9.48 Å². The van der Waals surface area contributed by atoms with Gasteiger partial charge in [-0.05, 0) is 13.3 Å². The van der Waals surface area contributed by atoms with Crippen molar-refractivity contribution in [3.8, 4) is 0 Å². The van der Waals surface area contributed by atoms with Crippen LogP contribution in [0.4, 0.5) is 0 Å². The molecular formula is C11H16N4O4. The highest BCUT2D eigenvalue weighted by Gasteiger charge is 2.27. The third-order valence-electron chi connectivity index (χ3n) is 2.97. The summed E-state index contributed by atoms with van der Waals surface area (Å²) in [6, 6.07) is 0. The van der Waals surface area contributed by atoms with Gasteiger partial charge in [-0.15, -0.1) is 5.10 Å². The molecule has 0 aliphatic carbocycles. The lowest BCUT2D eigenvalue weighted by molar-refractivity contribution is -0.124. The first-order valence-electron chi connectivity index (χ1n) is 6.09. The number of rotatable bonds is 5.